The third kappa shape index (κ3) is 3.29. The van der Waals surface area contributed by atoms with Gasteiger partial charge in [0.05, 0.1) is 19.7 Å². The highest BCUT2D eigenvalue weighted by molar-refractivity contribution is 5.70. The summed E-state index contributed by atoms with van der Waals surface area (Å²) in [5, 5.41) is 0. The van der Waals surface area contributed by atoms with Gasteiger partial charge in [0, 0.05) is 0 Å². The van der Waals surface area contributed by atoms with E-state index in [0.29, 0.717) is 6.54 Å². The van der Waals surface area contributed by atoms with Crippen molar-refractivity contribution in [3.63, 3.8) is 0 Å². The first-order valence-corrected chi connectivity index (χ1v) is 6.65. The molecule has 0 bridgehead atoms. The largest absolute Gasteiger partial charge is 0.444 e. The molecular weight excluding hydrogens is 258 g/mol. The molecule has 5 nitrogen and oxygen atoms in total. The Morgan fingerprint density at radius 2 is 2.05 bits per heavy atom. The molecule has 0 radical (unpaired) electrons. The first-order valence-electron chi connectivity index (χ1n) is 6.65. The zero-order valence-corrected chi connectivity index (χ0v) is 12.4. The van der Waals surface area contributed by atoms with Gasteiger partial charge in [0.25, 0.3) is 0 Å². The van der Waals surface area contributed by atoms with Crippen LogP contribution in [0.5, 0.6) is 0 Å². The molecular formula is C15H21NO4. The predicted octanol–water partition coefficient (Wildman–Crippen LogP) is 3.06. The fourth-order valence-electron chi connectivity index (χ4n) is 2.29. The highest BCUT2D eigenvalue weighted by atomic mass is 17.2. The SMILES string of the molecule is COOCC1c2ccccc2CN1C(=O)OC(C)(C)C. The third-order valence-corrected chi connectivity index (χ3v) is 3.10. The molecule has 2 rings (SSSR count). The topological polar surface area (TPSA) is 48.0 Å². The zero-order chi connectivity index (χ0) is 14.8. The Kier molecular flexibility index (Phi) is 4.30. The van der Waals surface area contributed by atoms with E-state index < -0.39 is 5.60 Å². The van der Waals surface area contributed by atoms with E-state index >= 15 is 0 Å². The molecule has 110 valence electrons. The van der Waals surface area contributed by atoms with Gasteiger partial charge >= 0.3 is 6.09 Å². The monoisotopic (exact) mass is 279 g/mol. The van der Waals surface area contributed by atoms with E-state index in [1.165, 1.54) is 7.11 Å². The van der Waals surface area contributed by atoms with Gasteiger partial charge in [0.2, 0.25) is 0 Å². The Bertz CT molecular complexity index is 481. The van der Waals surface area contributed by atoms with Gasteiger partial charge in [-0.15, -0.1) is 0 Å². The average molecular weight is 279 g/mol. The van der Waals surface area contributed by atoms with Crippen molar-refractivity contribution in [3.05, 3.63) is 35.4 Å². The summed E-state index contributed by atoms with van der Waals surface area (Å²) in [6.07, 6.45) is -0.335. The van der Waals surface area contributed by atoms with Gasteiger partial charge in [-0.1, -0.05) is 24.3 Å². The Morgan fingerprint density at radius 3 is 2.70 bits per heavy atom. The van der Waals surface area contributed by atoms with Crippen LogP contribution in [-0.4, -0.2) is 30.3 Å². The quantitative estimate of drug-likeness (QED) is 0.630. The van der Waals surface area contributed by atoms with Gasteiger partial charge in [-0.3, -0.25) is 4.90 Å². The normalized spacial score (nSPS) is 18.0. The number of carbonyl (C=O) groups is 1. The lowest BCUT2D eigenvalue weighted by Gasteiger charge is -2.28. The summed E-state index contributed by atoms with van der Waals surface area (Å²) in [7, 11) is 1.46. The minimum absolute atomic E-state index is 0.180. The minimum Gasteiger partial charge on any atom is -0.444 e. The van der Waals surface area contributed by atoms with Crippen molar-refractivity contribution in [2.75, 3.05) is 13.7 Å². The summed E-state index contributed by atoms with van der Waals surface area (Å²) >= 11 is 0. The van der Waals surface area contributed by atoms with Crippen LogP contribution in [0.15, 0.2) is 24.3 Å². The second-order valence-corrected chi connectivity index (χ2v) is 5.77. The first kappa shape index (κ1) is 14.8. The van der Waals surface area contributed by atoms with E-state index in [1.807, 2.05) is 45.0 Å². The molecule has 1 amide bonds. The van der Waals surface area contributed by atoms with Crippen molar-refractivity contribution in [3.8, 4) is 0 Å². The molecule has 1 heterocycles. The summed E-state index contributed by atoms with van der Waals surface area (Å²) in [4.78, 5) is 23.7. The van der Waals surface area contributed by atoms with Crippen LogP contribution in [0.25, 0.3) is 0 Å². The summed E-state index contributed by atoms with van der Waals surface area (Å²) in [5.74, 6) is 0. The second-order valence-electron chi connectivity index (χ2n) is 5.77. The number of hydrogen-bond donors (Lipinski definition) is 0. The van der Waals surface area contributed by atoms with E-state index in [4.69, 9.17) is 9.62 Å². The summed E-state index contributed by atoms with van der Waals surface area (Å²) in [6.45, 7) is 6.38. The fourth-order valence-corrected chi connectivity index (χ4v) is 2.29. The third-order valence-electron chi connectivity index (χ3n) is 3.10. The second kappa shape index (κ2) is 5.81. The molecule has 5 heteroatoms. The van der Waals surface area contributed by atoms with E-state index in [2.05, 4.69) is 4.89 Å². The summed E-state index contributed by atoms with van der Waals surface area (Å²) < 4.78 is 5.45. The Balaban J connectivity index is 2.18. The molecule has 1 aromatic carbocycles. The number of hydrogen-bond acceptors (Lipinski definition) is 4. The Hall–Kier alpha value is -1.59. The fraction of sp³-hybridized carbons (Fsp3) is 0.533. The molecule has 0 spiro atoms. The molecule has 20 heavy (non-hydrogen) atoms. The summed E-state index contributed by atoms with van der Waals surface area (Å²) in [5.41, 5.74) is 1.68. The highest BCUT2D eigenvalue weighted by Crippen LogP contribution is 2.34. The first-order chi connectivity index (χ1) is 9.42. The van der Waals surface area contributed by atoms with Gasteiger partial charge in [-0.2, -0.15) is 0 Å². The molecule has 1 aliphatic rings. The van der Waals surface area contributed by atoms with Gasteiger partial charge in [-0.05, 0) is 31.9 Å². The van der Waals surface area contributed by atoms with E-state index in [-0.39, 0.29) is 18.7 Å². The Labute approximate surface area is 119 Å². The number of rotatable bonds is 3. The lowest BCUT2D eigenvalue weighted by atomic mass is 10.1. The lowest BCUT2D eigenvalue weighted by Crippen LogP contribution is -2.37. The van der Waals surface area contributed by atoms with Crippen molar-refractivity contribution in [2.45, 2.75) is 39.0 Å². The van der Waals surface area contributed by atoms with Crippen molar-refractivity contribution < 1.29 is 19.3 Å². The number of carbonyl (C=O) groups excluding carboxylic acids is 1. The van der Waals surface area contributed by atoms with E-state index in [9.17, 15) is 4.79 Å². The van der Waals surface area contributed by atoms with Crippen LogP contribution < -0.4 is 0 Å². The number of nitrogens with zero attached hydrogens (tertiary/aromatic N) is 1. The molecule has 0 saturated carbocycles. The smallest absolute Gasteiger partial charge is 0.411 e. The maximum absolute atomic E-state index is 12.3. The number of fused-ring (bicyclic) bond motifs is 1. The van der Waals surface area contributed by atoms with Crippen LogP contribution in [0.2, 0.25) is 0 Å². The van der Waals surface area contributed by atoms with Crippen molar-refractivity contribution in [1.29, 1.82) is 0 Å². The standard InChI is InChI=1S/C15H21NO4/c1-15(2,3)20-14(17)16-9-11-7-5-6-8-12(11)13(16)10-19-18-4/h5-8,13H,9-10H2,1-4H3. The lowest BCUT2D eigenvalue weighted by molar-refractivity contribution is -0.279. The molecule has 1 unspecified atom stereocenters. The molecule has 0 N–H and O–H groups in total. The van der Waals surface area contributed by atoms with Crippen LogP contribution in [-0.2, 0) is 21.1 Å². The van der Waals surface area contributed by atoms with Crippen molar-refractivity contribution in [2.24, 2.45) is 0 Å². The van der Waals surface area contributed by atoms with Crippen LogP contribution >= 0.6 is 0 Å². The molecule has 1 aliphatic heterocycles. The minimum atomic E-state index is -0.515. The highest BCUT2D eigenvalue weighted by Gasteiger charge is 2.36. The maximum Gasteiger partial charge on any atom is 0.411 e. The van der Waals surface area contributed by atoms with Crippen LogP contribution in [0, 0.1) is 0 Å². The Morgan fingerprint density at radius 1 is 1.35 bits per heavy atom. The number of ether oxygens (including phenoxy) is 1. The van der Waals surface area contributed by atoms with Crippen molar-refractivity contribution in [1.82, 2.24) is 4.90 Å². The van der Waals surface area contributed by atoms with Gasteiger partial charge in [-0.25, -0.2) is 14.6 Å². The van der Waals surface area contributed by atoms with Crippen molar-refractivity contribution >= 4 is 6.09 Å². The van der Waals surface area contributed by atoms with Gasteiger partial charge in [0.15, 0.2) is 0 Å². The number of amides is 1. The molecule has 0 fully saturated rings. The van der Waals surface area contributed by atoms with Gasteiger partial charge < -0.3 is 4.74 Å². The molecule has 0 saturated heterocycles. The molecule has 1 aromatic rings. The van der Waals surface area contributed by atoms with E-state index in [0.717, 1.165) is 11.1 Å². The predicted molar refractivity (Wildman–Crippen MR) is 73.9 cm³/mol. The van der Waals surface area contributed by atoms with Gasteiger partial charge in [0.1, 0.15) is 12.2 Å². The van der Waals surface area contributed by atoms with E-state index in [1.54, 1.807) is 4.90 Å². The van der Waals surface area contributed by atoms with Crippen LogP contribution in [0.3, 0.4) is 0 Å². The molecule has 1 atom stereocenters. The van der Waals surface area contributed by atoms with Crippen LogP contribution in [0.4, 0.5) is 4.79 Å². The summed E-state index contributed by atoms with van der Waals surface area (Å²) in [6, 6.07) is 7.76. The maximum atomic E-state index is 12.3. The average Bonchev–Trinajstić information content (AvgIpc) is 2.73. The zero-order valence-electron chi connectivity index (χ0n) is 12.4. The number of benzene rings is 1. The molecule has 0 aliphatic carbocycles. The van der Waals surface area contributed by atoms with Crippen LogP contribution in [0.1, 0.15) is 37.9 Å². The molecule has 0 aromatic heterocycles.